The van der Waals surface area contributed by atoms with E-state index in [0.717, 1.165) is 5.56 Å². The lowest BCUT2D eigenvalue weighted by Crippen LogP contribution is -2.10. The van der Waals surface area contributed by atoms with Crippen molar-refractivity contribution in [3.63, 3.8) is 0 Å². The van der Waals surface area contributed by atoms with Gasteiger partial charge in [0.25, 0.3) is 0 Å². The number of hydrogen-bond acceptors (Lipinski definition) is 1. The van der Waals surface area contributed by atoms with E-state index in [1.165, 1.54) is 0 Å². The first-order chi connectivity index (χ1) is 10.7. The molecule has 1 N–H and O–H groups in total. The van der Waals surface area contributed by atoms with Crippen LogP contribution in [0.4, 0.5) is 17.6 Å². The summed E-state index contributed by atoms with van der Waals surface area (Å²) in [7, 11) is 0. The first-order valence-electron chi connectivity index (χ1n) is 7.02. The molecule has 0 unspecified atom stereocenters. The molecule has 0 bridgehead atoms. The lowest BCUT2D eigenvalue weighted by Gasteiger charge is -2.18. The molecule has 0 saturated carbocycles. The standard InChI is InChI=1S/C17H14F4N2/c1-17(2,3)9-6-4-8(5-7-9)16-22-14-12(20)10(18)11(19)13(21)15(14)23-16/h4-7H,1-3H3,(H,22,23). The second kappa shape index (κ2) is 5.08. The molecular formula is C17H14F4N2. The van der Waals surface area contributed by atoms with Gasteiger partial charge in [0.05, 0.1) is 0 Å². The van der Waals surface area contributed by atoms with Gasteiger partial charge in [0, 0.05) is 5.56 Å². The van der Waals surface area contributed by atoms with Gasteiger partial charge in [-0.2, -0.15) is 0 Å². The van der Waals surface area contributed by atoms with Crippen molar-refractivity contribution in [2.75, 3.05) is 0 Å². The highest BCUT2D eigenvalue weighted by atomic mass is 19.2. The molecule has 2 aromatic carbocycles. The number of aromatic amines is 1. The number of H-pyrrole nitrogens is 1. The number of hydrogen-bond donors (Lipinski definition) is 1. The number of benzene rings is 2. The van der Waals surface area contributed by atoms with E-state index in [2.05, 4.69) is 30.7 Å². The van der Waals surface area contributed by atoms with Crippen LogP contribution in [0.1, 0.15) is 26.3 Å². The van der Waals surface area contributed by atoms with Crippen molar-refractivity contribution in [3.05, 3.63) is 53.1 Å². The highest BCUT2D eigenvalue weighted by Gasteiger charge is 2.24. The van der Waals surface area contributed by atoms with Crippen molar-refractivity contribution in [1.29, 1.82) is 0 Å². The zero-order valence-corrected chi connectivity index (χ0v) is 12.8. The molecule has 3 aromatic rings. The van der Waals surface area contributed by atoms with Gasteiger partial charge in [0.15, 0.2) is 23.3 Å². The maximum atomic E-state index is 13.7. The molecule has 2 nitrogen and oxygen atoms in total. The van der Waals surface area contributed by atoms with E-state index in [1.807, 2.05) is 12.1 Å². The van der Waals surface area contributed by atoms with Crippen LogP contribution in [0.3, 0.4) is 0 Å². The van der Waals surface area contributed by atoms with Crippen LogP contribution in [0.2, 0.25) is 0 Å². The van der Waals surface area contributed by atoms with Gasteiger partial charge in [-0.1, -0.05) is 45.0 Å². The lowest BCUT2D eigenvalue weighted by atomic mass is 9.87. The molecule has 1 heterocycles. The zero-order chi connectivity index (χ0) is 16.9. The summed E-state index contributed by atoms with van der Waals surface area (Å²) in [5, 5.41) is 0. The van der Waals surface area contributed by atoms with E-state index in [-0.39, 0.29) is 11.2 Å². The fourth-order valence-corrected chi connectivity index (χ4v) is 2.36. The molecule has 1 aromatic heterocycles. The van der Waals surface area contributed by atoms with E-state index in [9.17, 15) is 17.6 Å². The highest BCUT2D eigenvalue weighted by Crippen LogP contribution is 2.29. The average Bonchev–Trinajstić information content (AvgIpc) is 2.95. The third-order valence-electron chi connectivity index (χ3n) is 3.73. The zero-order valence-electron chi connectivity index (χ0n) is 12.8. The predicted molar refractivity (Wildman–Crippen MR) is 80.1 cm³/mol. The first kappa shape index (κ1) is 15.5. The summed E-state index contributed by atoms with van der Waals surface area (Å²) in [4.78, 5) is 6.37. The Kier molecular flexibility index (Phi) is 3.43. The topological polar surface area (TPSA) is 28.7 Å². The Labute approximate surface area is 130 Å². The fraction of sp³-hybridized carbons (Fsp3) is 0.235. The SMILES string of the molecule is CC(C)(C)c1ccc(-c2nc3c(F)c(F)c(F)c(F)c3[nH]2)cc1. The number of nitrogens with zero attached hydrogens (tertiary/aromatic N) is 1. The number of imidazole rings is 1. The first-order valence-corrected chi connectivity index (χ1v) is 7.02. The summed E-state index contributed by atoms with van der Waals surface area (Å²) in [6, 6.07) is 7.22. The van der Waals surface area contributed by atoms with E-state index < -0.39 is 34.3 Å². The van der Waals surface area contributed by atoms with Gasteiger partial charge in [-0.15, -0.1) is 0 Å². The molecule has 0 aliphatic heterocycles. The average molecular weight is 322 g/mol. The molecule has 0 aliphatic carbocycles. The van der Waals surface area contributed by atoms with Crippen LogP contribution >= 0.6 is 0 Å². The maximum absolute atomic E-state index is 13.7. The van der Waals surface area contributed by atoms with E-state index >= 15 is 0 Å². The number of rotatable bonds is 1. The van der Waals surface area contributed by atoms with Crippen molar-refractivity contribution in [1.82, 2.24) is 9.97 Å². The summed E-state index contributed by atoms with van der Waals surface area (Å²) in [6.45, 7) is 6.17. The highest BCUT2D eigenvalue weighted by molar-refractivity contribution is 5.80. The van der Waals surface area contributed by atoms with Crippen molar-refractivity contribution in [3.8, 4) is 11.4 Å². The smallest absolute Gasteiger partial charge is 0.199 e. The van der Waals surface area contributed by atoms with Gasteiger partial charge in [-0.25, -0.2) is 22.5 Å². The molecule has 23 heavy (non-hydrogen) atoms. The minimum absolute atomic E-state index is 0.0448. The molecular weight excluding hydrogens is 308 g/mol. The van der Waals surface area contributed by atoms with E-state index in [0.29, 0.717) is 5.56 Å². The van der Waals surface area contributed by atoms with E-state index in [1.54, 1.807) is 12.1 Å². The van der Waals surface area contributed by atoms with Crippen molar-refractivity contribution >= 4 is 11.0 Å². The quantitative estimate of drug-likeness (QED) is 0.377. The molecule has 0 radical (unpaired) electrons. The van der Waals surface area contributed by atoms with Crippen LogP contribution in [0.25, 0.3) is 22.4 Å². The Balaban J connectivity index is 2.15. The molecule has 6 heteroatoms. The lowest BCUT2D eigenvalue weighted by molar-refractivity contribution is 0.417. The van der Waals surface area contributed by atoms with Gasteiger partial charge in [-0.3, -0.25) is 0 Å². The van der Waals surface area contributed by atoms with Crippen molar-refractivity contribution in [2.24, 2.45) is 0 Å². The second-order valence-corrected chi connectivity index (χ2v) is 6.39. The van der Waals surface area contributed by atoms with Crippen LogP contribution in [-0.4, -0.2) is 9.97 Å². The minimum Gasteiger partial charge on any atom is -0.335 e. The fourth-order valence-electron chi connectivity index (χ4n) is 2.36. The number of halogens is 4. The number of nitrogens with one attached hydrogen (secondary N) is 1. The summed E-state index contributed by atoms with van der Waals surface area (Å²) in [6.07, 6.45) is 0. The molecule has 3 rings (SSSR count). The molecule has 0 atom stereocenters. The van der Waals surface area contributed by atoms with E-state index in [4.69, 9.17) is 0 Å². The van der Waals surface area contributed by atoms with Crippen LogP contribution in [0.5, 0.6) is 0 Å². The molecule has 0 spiro atoms. The molecule has 0 fully saturated rings. The Morgan fingerprint density at radius 3 is 1.96 bits per heavy atom. The Morgan fingerprint density at radius 2 is 1.39 bits per heavy atom. The monoisotopic (exact) mass is 322 g/mol. The van der Waals surface area contributed by atoms with Gasteiger partial charge in [-0.05, 0) is 11.0 Å². The predicted octanol–water partition coefficient (Wildman–Crippen LogP) is 5.08. The van der Waals surface area contributed by atoms with Crippen LogP contribution in [-0.2, 0) is 5.41 Å². The summed E-state index contributed by atoms with van der Waals surface area (Å²) < 4.78 is 54.0. The van der Waals surface area contributed by atoms with Gasteiger partial charge < -0.3 is 4.98 Å². The minimum atomic E-state index is -1.86. The number of fused-ring (bicyclic) bond motifs is 1. The van der Waals surface area contributed by atoms with Crippen LogP contribution in [0, 0.1) is 23.3 Å². The molecule has 120 valence electrons. The normalized spacial score (nSPS) is 12.1. The largest absolute Gasteiger partial charge is 0.335 e. The Morgan fingerprint density at radius 1 is 0.826 bits per heavy atom. The third-order valence-corrected chi connectivity index (χ3v) is 3.73. The molecule has 0 amide bonds. The summed E-state index contributed by atoms with van der Waals surface area (Å²) in [5.74, 6) is -6.57. The van der Waals surface area contributed by atoms with Gasteiger partial charge in [0.1, 0.15) is 16.9 Å². The third kappa shape index (κ3) is 2.48. The maximum Gasteiger partial charge on any atom is 0.199 e. The van der Waals surface area contributed by atoms with Crippen LogP contribution in [0.15, 0.2) is 24.3 Å². The van der Waals surface area contributed by atoms with Crippen molar-refractivity contribution < 1.29 is 17.6 Å². The molecule has 0 aliphatic rings. The second-order valence-electron chi connectivity index (χ2n) is 6.39. The summed E-state index contributed by atoms with van der Waals surface area (Å²) in [5.41, 5.74) is 0.546. The Bertz CT molecular complexity index is 845. The van der Waals surface area contributed by atoms with Gasteiger partial charge in [0.2, 0.25) is 0 Å². The number of aromatic nitrogens is 2. The molecule has 0 saturated heterocycles. The Hall–Kier alpha value is -2.37. The van der Waals surface area contributed by atoms with Crippen molar-refractivity contribution in [2.45, 2.75) is 26.2 Å². The summed E-state index contributed by atoms with van der Waals surface area (Å²) >= 11 is 0. The van der Waals surface area contributed by atoms with Gasteiger partial charge >= 0.3 is 0 Å². The van der Waals surface area contributed by atoms with Crippen LogP contribution < -0.4 is 0 Å².